The smallest absolute Gasteiger partial charge is 0.233 e. The van der Waals surface area contributed by atoms with Gasteiger partial charge in [0.25, 0.3) is 0 Å². The summed E-state index contributed by atoms with van der Waals surface area (Å²) in [5.74, 6) is 1.05. The van der Waals surface area contributed by atoms with Crippen molar-refractivity contribution in [2.75, 3.05) is 26.7 Å². The lowest BCUT2D eigenvalue weighted by Crippen LogP contribution is -2.34. The van der Waals surface area contributed by atoms with E-state index in [9.17, 15) is 0 Å². The van der Waals surface area contributed by atoms with E-state index in [1.54, 1.807) is 19.2 Å². The minimum Gasteiger partial charge on any atom is -0.480 e. The van der Waals surface area contributed by atoms with Crippen LogP contribution in [0.4, 0.5) is 0 Å². The standard InChI is InChI=1S/C15H23N3O2/c1-3-4-7-13(12-18-10-5-6-11-18)20-15-9-8-14(19-2)16-17-15/h3,8-9,13H,1,4-7,10-12H2,2H3/t13-/m0/s1. The van der Waals surface area contributed by atoms with E-state index in [1.807, 2.05) is 6.08 Å². The molecule has 1 aromatic heterocycles. The molecule has 0 saturated carbocycles. The summed E-state index contributed by atoms with van der Waals surface area (Å²) >= 11 is 0. The van der Waals surface area contributed by atoms with Crippen LogP contribution in [0.3, 0.4) is 0 Å². The average Bonchev–Trinajstić information content (AvgIpc) is 2.98. The lowest BCUT2D eigenvalue weighted by molar-refractivity contribution is 0.133. The van der Waals surface area contributed by atoms with Gasteiger partial charge in [-0.05, 0) is 38.8 Å². The van der Waals surface area contributed by atoms with Crippen LogP contribution in [-0.2, 0) is 0 Å². The molecule has 0 radical (unpaired) electrons. The lowest BCUT2D eigenvalue weighted by Gasteiger charge is -2.23. The first-order valence-electron chi connectivity index (χ1n) is 7.19. The number of likely N-dealkylation sites (tertiary alicyclic amines) is 1. The van der Waals surface area contributed by atoms with Crippen LogP contribution in [-0.4, -0.2) is 47.9 Å². The van der Waals surface area contributed by atoms with E-state index in [0.29, 0.717) is 11.8 Å². The molecular formula is C15H23N3O2. The van der Waals surface area contributed by atoms with Gasteiger partial charge in [0.1, 0.15) is 6.10 Å². The second-order valence-electron chi connectivity index (χ2n) is 5.03. The molecule has 1 aromatic rings. The molecule has 0 bridgehead atoms. The summed E-state index contributed by atoms with van der Waals surface area (Å²) in [5.41, 5.74) is 0. The molecule has 0 amide bonds. The van der Waals surface area contributed by atoms with Crippen LogP contribution in [0.1, 0.15) is 25.7 Å². The summed E-state index contributed by atoms with van der Waals surface area (Å²) in [6.45, 7) is 7.06. The third-order valence-electron chi connectivity index (χ3n) is 3.47. The van der Waals surface area contributed by atoms with Crippen LogP contribution in [0.2, 0.25) is 0 Å². The number of hydrogen-bond donors (Lipinski definition) is 0. The Bertz CT molecular complexity index is 402. The first-order chi connectivity index (χ1) is 9.81. The molecule has 5 heteroatoms. The number of aromatic nitrogens is 2. The lowest BCUT2D eigenvalue weighted by atomic mass is 10.2. The molecule has 0 aromatic carbocycles. The molecule has 1 saturated heterocycles. The van der Waals surface area contributed by atoms with Gasteiger partial charge in [0.05, 0.1) is 7.11 Å². The second kappa shape index (κ2) is 7.85. The minimum atomic E-state index is 0.133. The van der Waals surface area contributed by atoms with E-state index in [4.69, 9.17) is 9.47 Å². The largest absolute Gasteiger partial charge is 0.480 e. The zero-order valence-electron chi connectivity index (χ0n) is 12.1. The van der Waals surface area contributed by atoms with Crippen molar-refractivity contribution in [2.45, 2.75) is 31.8 Å². The summed E-state index contributed by atoms with van der Waals surface area (Å²) < 4.78 is 11.0. The molecule has 1 aliphatic heterocycles. The van der Waals surface area contributed by atoms with E-state index in [0.717, 1.165) is 19.4 Å². The fourth-order valence-corrected chi connectivity index (χ4v) is 2.39. The van der Waals surface area contributed by atoms with Crippen molar-refractivity contribution in [3.8, 4) is 11.8 Å². The molecule has 1 fully saturated rings. The highest BCUT2D eigenvalue weighted by Crippen LogP contribution is 2.16. The monoisotopic (exact) mass is 277 g/mol. The highest BCUT2D eigenvalue weighted by molar-refractivity contribution is 5.15. The van der Waals surface area contributed by atoms with Gasteiger partial charge in [-0.15, -0.1) is 16.8 Å². The summed E-state index contributed by atoms with van der Waals surface area (Å²) in [7, 11) is 1.57. The van der Waals surface area contributed by atoms with Crippen LogP contribution in [0.25, 0.3) is 0 Å². The Hall–Kier alpha value is -1.62. The molecule has 20 heavy (non-hydrogen) atoms. The molecule has 5 nitrogen and oxygen atoms in total. The van der Waals surface area contributed by atoms with Gasteiger partial charge >= 0.3 is 0 Å². The van der Waals surface area contributed by atoms with E-state index in [-0.39, 0.29) is 6.10 Å². The van der Waals surface area contributed by atoms with Crippen LogP contribution in [0.5, 0.6) is 11.8 Å². The highest BCUT2D eigenvalue weighted by Gasteiger charge is 2.19. The molecule has 1 aliphatic rings. The Balaban J connectivity index is 1.92. The van der Waals surface area contributed by atoms with E-state index < -0.39 is 0 Å². The van der Waals surface area contributed by atoms with E-state index in [1.165, 1.54) is 25.9 Å². The first-order valence-corrected chi connectivity index (χ1v) is 7.19. The van der Waals surface area contributed by atoms with Gasteiger partial charge in [-0.1, -0.05) is 6.08 Å². The normalized spacial score (nSPS) is 16.9. The second-order valence-corrected chi connectivity index (χ2v) is 5.03. The highest BCUT2D eigenvalue weighted by atomic mass is 16.5. The van der Waals surface area contributed by atoms with Crippen molar-refractivity contribution in [1.82, 2.24) is 15.1 Å². The number of allylic oxidation sites excluding steroid dienone is 1. The number of nitrogens with zero attached hydrogens (tertiary/aromatic N) is 3. The number of hydrogen-bond acceptors (Lipinski definition) is 5. The Morgan fingerprint density at radius 2 is 2.00 bits per heavy atom. The molecule has 0 spiro atoms. The van der Waals surface area contributed by atoms with Crippen molar-refractivity contribution < 1.29 is 9.47 Å². The van der Waals surface area contributed by atoms with Crippen LogP contribution < -0.4 is 9.47 Å². The maximum Gasteiger partial charge on any atom is 0.233 e. The fraction of sp³-hybridized carbons (Fsp3) is 0.600. The van der Waals surface area contributed by atoms with Gasteiger partial charge in [-0.2, -0.15) is 0 Å². The van der Waals surface area contributed by atoms with Gasteiger partial charge in [0.15, 0.2) is 0 Å². The van der Waals surface area contributed by atoms with Gasteiger partial charge in [0, 0.05) is 18.7 Å². The van der Waals surface area contributed by atoms with Crippen LogP contribution in [0.15, 0.2) is 24.8 Å². The summed E-state index contributed by atoms with van der Waals surface area (Å²) in [5, 5.41) is 7.96. The summed E-state index contributed by atoms with van der Waals surface area (Å²) in [4.78, 5) is 2.45. The molecule has 0 aliphatic carbocycles. The molecule has 2 rings (SSSR count). The number of rotatable bonds is 8. The Morgan fingerprint density at radius 1 is 1.30 bits per heavy atom. The third-order valence-corrected chi connectivity index (χ3v) is 3.47. The predicted octanol–water partition coefficient (Wildman–Crippen LogP) is 2.29. The molecule has 1 atom stereocenters. The SMILES string of the molecule is C=CCC[C@@H](CN1CCCC1)Oc1ccc(OC)nn1. The zero-order valence-corrected chi connectivity index (χ0v) is 12.1. The van der Waals surface area contributed by atoms with Crippen molar-refractivity contribution in [3.05, 3.63) is 24.8 Å². The summed E-state index contributed by atoms with van der Waals surface area (Å²) in [6, 6.07) is 3.57. The molecule has 2 heterocycles. The van der Waals surface area contributed by atoms with Crippen molar-refractivity contribution in [3.63, 3.8) is 0 Å². The Labute approximate surface area is 120 Å². The van der Waals surface area contributed by atoms with Gasteiger partial charge in [-0.3, -0.25) is 4.90 Å². The predicted molar refractivity (Wildman–Crippen MR) is 78.1 cm³/mol. The van der Waals surface area contributed by atoms with Crippen LogP contribution in [0, 0.1) is 0 Å². The molecule has 0 N–H and O–H groups in total. The number of methoxy groups -OCH3 is 1. The third kappa shape index (κ3) is 4.49. The maximum absolute atomic E-state index is 5.96. The minimum absolute atomic E-state index is 0.133. The first kappa shape index (κ1) is 14.8. The van der Waals surface area contributed by atoms with E-state index in [2.05, 4.69) is 21.7 Å². The molecular weight excluding hydrogens is 254 g/mol. The average molecular weight is 277 g/mol. The van der Waals surface area contributed by atoms with Gasteiger partial charge in [-0.25, -0.2) is 0 Å². The molecule has 0 unspecified atom stereocenters. The number of ether oxygens (including phenoxy) is 2. The van der Waals surface area contributed by atoms with Crippen LogP contribution >= 0.6 is 0 Å². The maximum atomic E-state index is 5.96. The van der Waals surface area contributed by atoms with Crippen molar-refractivity contribution in [1.29, 1.82) is 0 Å². The van der Waals surface area contributed by atoms with Crippen molar-refractivity contribution >= 4 is 0 Å². The molecule has 110 valence electrons. The topological polar surface area (TPSA) is 47.5 Å². The van der Waals surface area contributed by atoms with Gasteiger partial charge < -0.3 is 9.47 Å². The zero-order chi connectivity index (χ0) is 14.2. The summed E-state index contributed by atoms with van der Waals surface area (Å²) in [6.07, 6.45) is 6.54. The van der Waals surface area contributed by atoms with Crippen molar-refractivity contribution in [2.24, 2.45) is 0 Å². The fourth-order valence-electron chi connectivity index (χ4n) is 2.39. The van der Waals surface area contributed by atoms with Gasteiger partial charge in [0.2, 0.25) is 11.8 Å². The Kier molecular flexibility index (Phi) is 5.80. The quantitative estimate of drug-likeness (QED) is 0.682. The Morgan fingerprint density at radius 3 is 2.60 bits per heavy atom. The van der Waals surface area contributed by atoms with E-state index >= 15 is 0 Å².